The summed E-state index contributed by atoms with van der Waals surface area (Å²) in [6, 6.07) is 0. The van der Waals surface area contributed by atoms with Crippen LogP contribution in [-0.4, -0.2) is 53.9 Å². The number of nitrogens with zero attached hydrogens (tertiary/aromatic N) is 1. The van der Waals surface area contributed by atoms with Gasteiger partial charge >= 0.3 is 5.97 Å². The standard InChI is InChI=1S/C11H19NO5S/c1-11(2,3)18(16,17)7-9(13)12-5-4-8(6-12)10(14)15/h8H,4-7H2,1-3H3,(H,14,15). The summed E-state index contributed by atoms with van der Waals surface area (Å²) in [5.41, 5.74) is 0. The van der Waals surface area contributed by atoms with E-state index >= 15 is 0 Å². The number of hydrogen-bond acceptors (Lipinski definition) is 4. The van der Waals surface area contributed by atoms with E-state index in [-0.39, 0.29) is 6.54 Å². The van der Waals surface area contributed by atoms with Gasteiger partial charge in [-0.25, -0.2) is 8.42 Å². The van der Waals surface area contributed by atoms with Crippen LogP contribution in [0.15, 0.2) is 0 Å². The number of aliphatic carboxylic acids is 1. The van der Waals surface area contributed by atoms with E-state index in [1.165, 1.54) is 4.90 Å². The molecule has 0 radical (unpaired) electrons. The lowest BCUT2D eigenvalue weighted by Gasteiger charge is -2.21. The van der Waals surface area contributed by atoms with E-state index in [1.807, 2.05) is 0 Å². The third kappa shape index (κ3) is 3.22. The van der Waals surface area contributed by atoms with Crippen LogP contribution >= 0.6 is 0 Å². The predicted molar refractivity (Wildman–Crippen MR) is 65.9 cm³/mol. The van der Waals surface area contributed by atoms with E-state index in [2.05, 4.69) is 0 Å². The van der Waals surface area contributed by atoms with E-state index in [1.54, 1.807) is 20.8 Å². The third-order valence-electron chi connectivity index (χ3n) is 3.14. The summed E-state index contributed by atoms with van der Waals surface area (Å²) in [6.45, 7) is 5.04. The number of carbonyl (C=O) groups excluding carboxylic acids is 1. The van der Waals surface area contributed by atoms with Crippen molar-refractivity contribution in [2.45, 2.75) is 31.9 Å². The molecule has 1 N–H and O–H groups in total. The zero-order valence-corrected chi connectivity index (χ0v) is 11.7. The molecule has 0 aliphatic carbocycles. The molecule has 0 aromatic carbocycles. The second-order valence-electron chi connectivity index (χ2n) is 5.54. The first kappa shape index (κ1) is 14.9. The van der Waals surface area contributed by atoms with Crippen molar-refractivity contribution in [3.8, 4) is 0 Å². The molecule has 104 valence electrons. The van der Waals surface area contributed by atoms with Crippen molar-refractivity contribution < 1.29 is 23.1 Å². The molecule has 7 heteroatoms. The van der Waals surface area contributed by atoms with Crippen LogP contribution in [0, 0.1) is 5.92 Å². The van der Waals surface area contributed by atoms with Gasteiger partial charge < -0.3 is 10.0 Å². The maximum absolute atomic E-state index is 11.9. The molecule has 1 amide bonds. The highest BCUT2D eigenvalue weighted by atomic mass is 32.2. The Morgan fingerprint density at radius 1 is 1.33 bits per heavy atom. The Bertz CT molecular complexity index is 449. The predicted octanol–water partition coefficient (Wildman–Crippen LogP) is 0.133. The number of amides is 1. The van der Waals surface area contributed by atoms with Crippen molar-refractivity contribution in [2.24, 2.45) is 5.92 Å². The largest absolute Gasteiger partial charge is 0.481 e. The smallest absolute Gasteiger partial charge is 0.308 e. The van der Waals surface area contributed by atoms with E-state index < -0.39 is 38.1 Å². The van der Waals surface area contributed by atoms with Crippen molar-refractivity contribution in [3.05, 3.63) is 0 Å². The molecule has 1 rings (SSSR count). The summed E-state index contributed by atoms with van der Waals surface area (Å²) in [6.07, 6.45) is 0.386. The molecule has 0 saturated carbocycles. The van der Waals surface area contributed by atoms with Gasteiger partial charge in [0.2, 0.25) is 5.91 Å². The summed E-state index contributed by atoms with van der Waals surface area (Å²) < 4.78 is 22.8. The molecule has 0 spiro atoms. The zero-order chi connectivity index (χ0) is 14.1. The maximum atomic E-state index is 11.9. The minimum atomic E-state index is -3.51. The van der Waals surface area contributed by atoms with Gasteiger partial charge in [0.1, 0.15) is 5.75 Å². The topological polar surface area (TPSA) is 91.8 Å². The van der Waals surface area contributed by atoms with E-state index in [0.29, 0.717) is 13.0 Å². The molecule has 1 fully saturated rings. The minimum absolute atomic E-state index is 0.105. The molecular weight excluding hydrogens is 258 g/mol. The molecule has 1 saturated heterocycles. The molecule has 0 aromatic rings. The van der Waals surface area contributed by atoms with Gasteiger partial charge in [-0.3, -0.25) is 9.59 Å². The van der Waals surface area contributed by atoms with E-state index in [4.69, 9.17) is 5.11 Å². The molecule has 6 nitrogen and oxygen atoms in total. The zero-order valence-electron chi connectivity index (χ0n) is 10.8. The summed E-state index contributed by atoms with van der Waals surface area (Å²) in [5, 5.41) is 8.82. The summed E-state index contributed by atoms with van der Waals surface area (Å²) in [7, 11) is -3.51. The van der Waals surface area contributed by atoms with Crippen LogP contribution in [0.2, 0.25) is 0 Å². The van der Waals surface area contributed by atoms with Gasteiger partial charge in [-0.1, -0.05) is 0 Å². The van der Waals surface area contributed by atoms with E-state index in [9.17, 15) is 18.0 Å². The van der Waals surface area contributed by atoms with Crippen LogP contribution in [0.3, 0.4) is 0 Å². The molecule has 1 aliphatic rings. The molecule has 1 atom stereocenters. The second kappa shape index (κ2) is 4.87. The molecular formula is C11H19NO5S. The van der Waals surface area contributed by atoms with Gasteiger partial charge in [0.25, 0.3) is 0 Å². The SMILES string of the molecule is CC(C)(C)S(=O)(=O)CC(=O)N1CCC(C(=O)O)C1. The van der Waals surface area contributed by atoms with Crippen molar-refractivity contribution in [3.63, 3.8) is 0 Å². The first-order chi connectivity index (χ1) is 8.04. The number of hydrogen-bond donors (Lipinski definition) is 1. The molecule has 1 heterocycles. The van der Waals surface area contributed by atoms with Gasteiger partial charge in [-0.05, 0) is 27.2 Å². The molecule has 1 unspecified atom stereocenters. The monoisotopic (exact) mass is 277 g/mol. The lowest BCUT2D eigenvalue weighted by molar-refractivity contribution is -0.141. The molecule has 18 heavy (non-hydrogen) atoms. The molecule has 1 aliphatic heterocycles. The van der Waals surface area contributed by atoms with Crippen molar-refractivity contribution in [1.29, 1.82) is 0 Å². The highest BCUT2D eigenvalue weighted by Crippen LogP contribution is 2.20. The van der Waals surface area contributed by atoms with E-state index in [0.717, 1.165) is 0 Å². The highest BCUT2D eigenvalue weighted by Gasteiger charge is 2.36. The molecule has 0 aromatic heterocycles. The first-order valence-electron chi connectivity index (χ1n) is 5.77. The van der Waals surface area contributed by atoms with Crippen molar-refractivity contribution >= 4 is 21.7 Å². The Balaban J connectivity index is 2.67. The fourth-order valence-corrected chi connectivity index (χ4v) is 2.60. The average Bonchev–Trinajstić information content (AvgIpc) is 2.63. The fourth-order valence-electron chi connectivity index (χ4n) is 1.66. The maximum Gasteiger partial charge on any atom is 0.308 e. The lowest BCUT2D eigenvalue weighted by atomic mass is 10.1. The Hall–Kier alpha value is -1.11. The highest BCUT2D eigenvalue weighted by molar-refractivity contribution is 7.93. The number of carboxylic acids is 1. The van der Waals surface area contributed by atoms with Crippen LogP contribution in [0.5, 0.6) is 0 Å². The number of carbonyl (C=O) groups is 2. The lowest BCUT2D eigenvalue weighted by Crippen LogP contribution is -2.40. The Morgan fingerprint density at radius 3 is 2.28 bits per heavy atom. The van der Waals surface area contributed by atoms with Crippen LogP contribution in [0.4, 0.5) is 0 Å². The summed E-state index contributed by atoms with van der Waals surface area (Å²) >= 11 is 0. The van der Waals surface area contributed by atoms with Crippen LogP contribution in [0.25, 0.3) is 0 Å². The minimum Gasteiger partial charge on any atom is -0.481 e. The number of sulfone groups is 1. The van der Waals surface area contributed by atoms with Gasteiger partial charge in [-0.15, -0.1) is 0 Å². The quantitative estimate of drug-likeness (QED) is 0.792. The third-order valence-corrected chi connectivity index (χ3v) is 5.63. The number of likely N-dealkylation sites (tertiary alicyclic amines) is 1. The van der Waals surface area contributed by atoms with Gasteiger partial charge in [0, 0.05) is 13.1 Å². The Labute approximate surface area is 107 Å². The Kier molecular flexibility index (Phi) is 4.05. The number of carboxylic acid groups (broad SMARTS) is 1. The Morgan fingerprint density at radius 2 is 1.89 bits per heavy atom. The second-order valence-corrected chi connectivity index (χ2v) is 8.28. The summed E-state index contributed by atoms with van der Waals surface area (Å²) in [5.74, 6) is -2.58. The van der Waals surface area contributed by atoms with Gasteiger partial charge in [0.05, 0.1) is 10.7 Å². The van der Waals surface area contributed by atoms with Crippen LogP contribution < -0.4 is 0 Å². The average molecular weight is 277 g/mol. The van der Waals surface area contributed by atoms with Crippen molar-refractivity contribution in [2.75, 3.05) is 18.8 Å². The van der Waals surface area contributed by atoms with Gasteiger partial charge in [0.15, 0.2) is 9.84 Å². The van der Waals surface area contributed by atoms with Crippen LogP contribution in [0.1, 0.15) is 27.2 Å². The van der Waals surface area contributed by atoms with Crippen molar-refractivity contribution in [1.82, 2.24) is 4.90 Å². The number of rotatable bonds is 3. The van der Waals surface area contributed by atoms with Crippen LogP contribution in [-0.2, 0) is 19.4 Å². The summed E-state index contributed by atoms with van der Waals surface area (Å²) in [4.78, 5) is 23.9. The first-order valence-corrected chi connectivity index (χ1v) is 7.43. The van der Waals surface area contributed by atoms with Gasteiger partial charge in [-0.2, -0.15) is 0 Å². The normalized spacial score (nSPS) is 21.1. The molecule has 0 bridgehead atoms. The fraction of sp³-hybridized carbons (Fsp3) is 0.818.